The van der Waals surface area contributed by atoms with Gasteiger partial charge in [0, 0.05) is 13.3 Å². The topological polar surface area (TPSA) is 44.7 Å². The quantitative estimate of drug-likeness (QED) is 0.563. The fourth-order valence-corrected chi connectivity index (χ4v) is 1.13. The molecule has 0 aromatic heterocycles. The molecule has 11 heavy (non-hydrogen) atoms. The summed E-state index contributed by atoms with van der Waals surface area (Å²) in [7, 11) is 3.49. The molecule has 1 N–H and O–H groups in total. The third kappa shape index (κ3) is 1.40. The summed E-state index contributed by atoms with van der Waals surface area (Å²) in [6.07, 6.45) is 1.76. The monoisotopic (exact) mass is 155 g/mol. The van der Waals surface area contributed by atoms with Gasteiger partial charge >= 0.3 is 0 Å². The maximum Gasteiger partial charge on any atom is 0.247 e. The van der Waals surface area contributed by atoms with Gasteiger partial charge in [0.25, 0.3) is 0 Å². The van der Waals surface area contributed by atoms with E-state index in [4.69, 9.17) is 0 Å². The van der Waals surface area contributed by atoms with E-state index in [2.05, 4.69) is 10.4 Å². The van der Waals surface area contributed by atoms with Crippen molar-refractivity contribution < 1.29 is 4.79 Å². The number of hydrogen-bond acceptors (Lipinski definition) is 3. The summed E-state index contributed by atoms with van der Waals surface area (Å²) in [5, 5.41) is 8.29. The fourth-order valence-electron chi connectivity index (χ4n) is 1.13. The smallest absolute Gasteiger partial charge is 0.247 e. The number of carbonyl (C=O) groups excluding carboxylic acids is 1. The molecule has 4 nitrogen and oxygen atoms in total. The first kappa shape index (κ1) is 8.20. The van der Waals surface area contributed by atoms with Crippen LogP contribution in [-0.4, -0.2) is 37.3 Å². The first-order chi connectivity index (χ1) is 5.16. The highest BCUT2D eigenvalue weighted by atomic mass is 16.2. The van der Waals surface area contributed by atoms with Crippen LogP contribution >= 0.6 is 0 Å². The van der Waals surface area contributed by atoms with Gasteiger partial charge in [0.2, 0.25) is 5.91 Å². The molecule has 0 aromatic carbocycles. The molecule has 0 aromatic rings. The minimum atomic E-state index is -0.0116. The van der Waals surface area contributed by atoms with E-state index < -0.39 is 0 Å². The number of nitrogens with one attached hydrogen (secondary N) is 1. The van der Waals surface area contributed by atoms with E-state index >= 15 is 0 Å². The molecule has 2 unspecified atom stereocenters. The molecule has 1 aliphatic heterocycles. The third-order valence-corrected chi connectivity index (χ3v) is 1.98. The van der Waals surface area contributed by atoms with Crippen LogP contribution in [0.25, 0.3) is 0 Å². The Balaban J connectivity index is 2.76. The molecule has 62 valence electrons. The van der Waals surface area contributed by atoms with Crippen LogP contribution in [-0.2, 0) is 4.79 Å². The van der Waals surface area contributed by atoms with Gasteiger partial charge in [-0.25, -0.2) is 5.01 Å². The van der Waals surface area contributed by atoms with Crippen molar-refractivity contribution in [2.24, 2.45) is 11.0 Å². The molecule has 0 spiro atoms. The van der Waals surface area contributed by atoms with Crippen molar-refractivity contribution >= 4 is 12.1 Å². The Hall–Kier alpha value is -0.900. The van der Waals surface area contributed by atoms with E-state index in [1.165, 1.54) is 5.01 Å². The molecular weight excluding hydrogens is 142 g/mol. The third-order valence-electron chi connectivity index (χ3n) is 1.98. The van der Waals surface area contributed by atoms with Crippen LogP contribution in [0.3, 0.4) is 0 Å². The Kier molecular flexibility index (Phi) is 2.24. The van der Waals surface area contributed by atoms with E-state index in [1.54, 1.807) is 13.3 Å². The zero-order valence-corrected chi connectivity index (χ0v) is 7.03. The Morgan fingerprint density at radius 2 is 2.36 bits per heavy atom. The van der Waals surface area contributed by atoms with Crippen molar-refractivity contribution in [3.63, 3.8) is 0 Å². The summed E-state index contributed by atoms with van der Waals surface area (Å²) in [6, 6.07) is 0.0821. The highest BCUT2D eigenvalue weighted by Crippen LogP contribution is 2.10. The van der Waals surface area contributed by atoms with Crippen molar-refractivity contribution in [1.29, 1.82) is 0 Å². The van der Waals surface area contributed by atoms with Gasteiger partial charge in [0.15, 0.2) is 0 Å². The van der Waals surface area contributed by atoms with Crippen molar-refractivity contribution in [2.75, 3.05) is 14.1 Å². The first-order valence-electron chi connectivity index (χ1n) is 3.65. The second kappa shape index (κ2) is 3.00. The van der Waals surface area contributed by atoms with Crippen LogP contribution < -0.4 is 5.32 Å². The molecule has 0 fully saturated rings. The predicted octanol–water partition coefficient (Wildman–Crippen LogP) is -0.332. The van der Waals surface area contributed by atoms with Gasteiger partial charge in [0.1, 0.15) is 0 Å². The summed E-state index contributed by atoms with van der Waals surface area (Å²) in [5.74, 6) is 0.0503. The minimum absolute atomic E-state index is 0.0116. The Morgan fingerprint density at radius 3 is 2.91 bits per heavy atom. The summed E-state index contributed by atoms with van der Waals surface area (Å²) < 4.78 is 0. The molecular formula is C7H13N3O. The Bertz CT molecular complexity index is 190. The SMILES string of the molecule is CNC1C=NN(C)C(=O)C1C. The van der Waals surface area contributed by atoms with E-state index in [9.17, 15) is 4.79 Å². The molecule has 0 aliphatic carbocycles. The highest BCUT2D eigenvalue weighted by Gasteiger charge is 2.27. The number of carbonyl (C=O) groups is 1. The average Bonchev–Trinajstić information content (AvgIpc) is 2.01. The van der Waals surface area contributed by atoms with Crippen molar-refractivity contribution in [1.82, 2.24) is 10.3 Å². The Labute approximate surface area is 66.3 Å². The maximum atomic E-state index is 11.3. The lowest BCUT2D eigenvalue weighted by atomic mass is 10.0. The minimum Gasteiger partial charge on any atom is -0.312 e. The van der Waals surface area contributed by atoms with Gasteiger partial charge in [-0.15, -0.1) is 0 Å². The highest BCUT2D eigenvalue weighted by molar-refractivity contribution is 5.87. The fraction of sp³-hybridized carbons (Fsp3) is 0.714. The van der Waals surface area contributed by atoms with Gasteiger partial charge < -0.3 is 5.32 Å². The predicted molar refractivity (Wildman–Crippen MR) is 43.3 cm³/mol. The van der Waals surface area contributed by atoms with Crippen LogP contribution in [0.15, 0.2) is 5.10 Å². The lowest BCUT2D eigenvalue weighted by Crippen LogP contribution is -2.46. The molecule has 1 heterocycles. The molecule has 0 saturated heterocycles. The molecule has 0 saturated carbocycles. The van der Waals surface area contributed by atoms with Crippen LogP contribution in [0.1, 0.15) is 6.92 Å². The van der Waals surface area contributed by atoms with E-state index in [0.717, 1.165) is 0 Å². The van der Waals surface area contributed by atoms with Crippen LogP contribution in [0.4, 0.5) is 0 Å². The molecule has 1 amide bonds. The molecule has 4 heteroatoms. The van der Waals surface area contributed by atoms with Gasteiger partial charge in [-0.1, -0.05) is 6.92 Å². The maximum absolute atomic E-state index is 11.3. The number of hydrogen-bond donors (Lipinski definition) is 1. The largest absolute Gasteiger partial charge is 0.312 e. The molecule has 0 radical (unpaired) electrons. The van der Waals surface area contributed by atoms with Crippen LogP contribution in [0, 0.1) is 5.92 Å². The molecule has 1 aliphatic rings. The summed E-state index contributed by atoms with van der Waals surface area (Å²) in [4.78, 5) is 11.3. The van der Waals surface area contributed by atoms with Gasteiger partial charge in [-0.2, -0.15) is 5.10 Å². The molecule has 2 atom stereocenters. The standard InChI is InChI=1S/C7H13N3O/c1-5-6(8-2)4-9-10(3)7(5)11/h4-6,8H,1-3H3. The summed E-state index contributed by atoms with van der Waals surface area (Å²) >= 11 is 0. The van der Waals surface area contributed by atoms with E-state index in [-0.39, 0.29) is 17.9 Å². The average molecular weight is 155 g/mol. The van der Waals surface area contributed by atoms with Gasteiger partial charge in [-0.05, 0) is 7.05 Å². The van der Waals surface area contributed by atoms with E-state index in [0.29, 0.717) is 0 Å². The number of amides is 1. The number of nitrogens with zero attached hydrogens (tertiary/aromatic N) is 2. The number of rotatable bonds is 1. The Morgan fingerprint density at radius 1 is 1.73 bits per heavy atom. The van der Waals surface area contributed by atoms with Crippen molar-refractivity contribution in [3.05, 3.63) is 0 Å². The summed E-state index contributed by atoms with van der Waals surface area (Å²) in [6.45, 7) is 1.89. The lowest BCUT2D eigenvalue weighted by molar-refractivity contribution is -0.134. The summed E-state index contributed by atoms with van der Waals surface area (Å²) in [5.41, 5.74) is 0. The zero-order chi connectivity index (χ0) is 8.43. The van der Waals surface area contributed by atoms with Crippen LogP contribution in [0.5, 0.6) is 0 Å². The van der Waals surface area contributed by atoms with E-state index in [1.807, 2.05) is 14.0 Å². The molecule has 1 rings (SSSR count). The van der Waals surface area contributed by atoms with Gasteiger partial charge in [0.05, 0.1) is 12.0 Å². The van der Waals surface area contributed by atoms with Crippen molar-refractivity contribution in [3.8, 4) is 0 Å². The van der Waals surface area contributed by atoms with Crippen molar-refractivity contribution in [2.45, 2.75) is 13.0 Å². The second-order valence-corrected chi connectivity index (χ2v) is 2.73. The molecule has 0 bridgehead atoms. The second-order valence-electron chi connectivity index (χ2n) is 2.73. The van der Waals surface area contributed by atoms with Gasteiger partial charge in [-0.3, -0.25) is 4.79 Å². The first-order valence-corrected chi connectivity index (χ1v) is 3.65. The zero-order valence-electron chi connectivity index (χ0n) is 7.03. The van der Waals surface area contributed by atoms with Crippen LogP contribution in [0.2, 0.25) is 0 Å². The number of hydrazone groups is 1. The lowest BCUT2D eigenvalue weighted by Gasteiger charge is -2.26. The normalized spacial score (nSPS) is 31.2.